The molecule has 0 unspecified atom stereocenters. The van der Waals surface area contributed by atoms with Gasteiger partial charge in [0.05, 0.1) is 19.3 Å². The van der Waals surface area contributed by atoms with Crippen molar-refractivity contribution < 1.29 is 4.79 Å². The van der Waals surface area contributed by atoms with E-state index in [1.54, 1.807) is 6.20 Å². The van der Waals surface area contributed by atoms with Crippen LogP contribution in [0.15, 0.2) is 6.20 Å². The minimum atomic E-state index is 0.0367. The van der Waals surface area contributed by atoms with E-state index in [4.69, 9.17) is 11.6 Å². The van der Waals surface area contributed by atoms with Gasteiger partial charge < -0.3 is 9.88 Å². The van der Waals surface area contributed by atoms with Crippen molar-refractivity contribution in [2.45, 2.75) is 20.4 Å². The van der Waals surface area contributed by atoms with Gasteiger partial charge in [-0.1, -0.05) is 18.5 Å². The topological polar surface area (TPSA) is 50.2 Å². The van der Waals surface area contributed by atoms with Crippen LogP contribution in [0.1, 0.15) is 19.7 Å². The van der Waals surface area contributed by atoms with E-state index < -0.39 is 0 Å². The van der Waals surface area contributed by atoms with Crippen molar-refractivity contribution in [1.29, 1.82) is 0 Å². The molecule has 0 aliphatic heterocycles. The molecule has 0 atom stereocenters. The summed E-state index contributed by atoms with van der Waals surface area (Å²) in [5, 5.41) is 3.39. The van der Waals surface area contributed by atoms with E-state index in [2.05, 4.69) is 10.3 Å². The quantitative estimate of drug-likeness (QED) is 0.829. The summed E-state index contributed by atoms with van der Waals surface area (Å²) in [6.45, 7) is 6.38. The Bertz CT molecular complexity index is 378. The van der Waals surface area contributed by atoms with Crippen molar-refractivity contribution in [3.05, 3.63) is 17.2 Å². The van der Waals surface area contributed by atoms with E-state index in [0.717, 1.165) is 12.4 Å². The molecule has 0 radical (unpaired) electrons. The lowest BCUT2D eigenvalue weighted by atomic mass is 10.4. The van der Waals surface area contributed by atoms with E-state index in [1.165, 1.54) is 0 Å². The van der Waals surface area contributed by atoms with Gasteiger partial charge in [-0.3, -0.25) is 9.69 Å². The van der Waals surface area contributed by atoms with Gasteiger partial charge in [0.1, 0.15) is 11.0 Å². The summed E-state index contributed by atoms with van der Waals surface area (Å²) in [6, 6.07) is 0. The van der Waals surface area contributed by atoms with E-state index in [1.807, 2.05) is 30.4 Å². The molecule has 1 rings (SSSR count). The van der Waals surface area contributed by atoms with Crippen molar-refractivity contribution >= 4 is 17.5 Å². The van der Waals surface area contributed by atoms with Crippen molar-refractivity contribution in [3.63, 3.8) is 0 Å². The molecule has 1 amide bonds. The zero-order valence-corrected chi connectivity index (χ0v) is 11.3. The van der Waals surface area contributed by atoms with Gasteiger partial charge in [0.15, 0.2) is 0 Å². The number of nitrogens with one attached hydrogen (secondary N) is 1. The molecule has 1 heterocycles. The number of carbonyl (C=O) groups excluding carboxylic acids is 1. The number of hydrogen-bond donors (Lipinski definition) is 1. The van der Waals surface area contributed by atoms with Gasteiger partial charge in [-0.25, -0.2) is 4.98 Å². The summed E-state index contributed by atoms with van der Waals surface area (Å²) >= 11 is 5.91. The molecule has 0 fully saturated rings. The monoisotopic (exact) mass is 258 g/mol. The molecular weight excluding hydrogens is 240 g/mol. The van der Waals surface area contributed by atoms with Crippen LogP contribution in [0, 0.1) is 0 Å². The lowest BCUT2D eigenvalue weighted by Gasteiger charge is -2.19. The first kappa shape index (κ1) is 14.0. The Labute approximate surface area is 107 Å². The van der Waals surface area contributed by atoms with Crippen LogP contribution < -0.4 is 5.32 Å². The van der Waals surface area contributed by atoms with E-state index in [9.17, 15) is 4.79 Å². The van der Waals surface area contributed by atoms with Crippen molar-refractivity contribution in [2.24, 2.45) is 7.05 Å². The third-order valence-corrected chi connectivity index (χ3v) is 2.93. The Morgan fingerprint density at radius 3 is 2.76 bits per heavy atom. The summed E-state index contributed by atoms with van der Waals surface area (Å²) in [5.74, 6) is 0.899. The third-order valence-electron chi connectivity index (χ3n) is 2.58. The van der Waals surface area contributed by atoms with Gasteiger partial charge >= 0.3 is 0 Å². The number of halogens is 1. The first-order chi connectivity index (χ1) is 8.08. The molecule has 0 aliphatic rings. The second kappa shape index (κ2) is 6.61. The lowest BCUT2D eigenvalue weighted by molar-refractivity contribution is -0.122. The summed E-state index contributed by atoms with van der Waals surface area (Å²) < 4.78 is 1.82. The minimum Gasteiger partial charge on any atom is -0.355 e. The summed E-state index contributed by atoms with van der Waals surface area (Å²) in [4.78, 5) is 17.7. The Balaban J connectivity index is 2.58. The Hall–Kier alpha value is -1.07. The van der Waals surface area contributed by atoms with Crippen molar-refractivity contribution in [1.82, 2.24) is 19.8 Å². The molecule has 17 heavy (non-hydrogen) atoms. The Morgan fingerprint density at radius 1 is 1.59 bits per heavy atom. The highest BCUT2D eigenvalue weighted by Crippen LogP contribution is 2.10. The standard InChI is InChI=1S/C11H19ClN4O/c1-4-13-11(17)8-16(5-2)7-10-14-6-9(12)15(10)3/h6H,4-5,7-8H2,1-3H3,(H,13,17). The fraction of sp³-hybridized carbons (Fsp3) is 0.636. The Kier molecular flexibility index (Phi) is 5.44. The maximum absolute atomic E-state index is 11.5. The predicted molar refractivity (Wildman–Crippen MR) is 67.9 cm³/mol. The molecule has 0 aliphatic carbocycles. The smallest absolute Gasteiger partial charge is 0.234 e. The van der Waals surface area contributed by atoms with E-state index in [0.29, 0.717) is 24.8 Å². The van der Waals surface area contributed by atoms with Gasteiger partial charge in [0.2, 0.25) is 5.91 Å². The first-order valence-corrected chi connectivity index (χ1v) is 6.11. The van der Waals surface area contributed by atoms with Crippen LogP contribution in [0.25, 0.3) is 0 Å². The van der Waals surface area contributed by atoms with Crippen LogP contribution >= 0.6 is 11.6 Å². The zero-order chi connectivity index (χ0) is 12.8. The molecule has 0 saturated heterocycles. The van der Waals surface area contributed by atoms with E-state index >= 15 is 0 Å². The SMILES string of the molecule is CCNC(=O)CN(CC)Cc1ncc(Cl)n1C. The summed E-state index contributed by atoms with van der Waals surface area (Å²) in [7, 11) is 1.87. The molecular formula is C11H19ClN4O. The van der Waals surface area contributed by atoms with Gasteiger partial charge in [0, 0.05) is 13.6 Å². The highest BCUT2D eigenvalue weighted by Gasteiger charge is 2.12. The van der Waals surface area contributed by atoms with Crippen LogP contribution in [0.5, 0.6) is 0 Å². The molecule has 1 N–H and O–H groups in total. The molecule has 5 nitrogen and oxygen atoms in total. The molecule has 6 heteroatoms. The largest absolute Gasteiger partial charge is 0.355 e. The van der Waals surface area contributed by atoms with Crippen LogP contribution in [-0.2, 0) is 18.4 Å². The van der Waals surface area contributed by atoms with Crippen molar-refractivity contribution in [2.75, 3.05) is 19.6 Å². The van der Waals surface area contributed by atoms with Gasteiger partial charge in [-0.05, 0) is 13.5 Å². The average Bonchev–Trinajstić information content (AvgIpc) is 2.60. The normalized spacial score (nSPS) is 10.9. The number of amides is 1. The number of likely N-dealkylation sites (N-methyl/N-ethyl adjacent to an activating group) is 2. The van der Waals surface area contributed by atoms with Gasteiger partial charge in [-0.15, -0.1) is 0 Å². The first-order valence-electron chi connectivity index (χ1n) is 5.73. The van der Waals surface area contributed by atoms with Gasteiger partial charge in [-0.2, -0.15) is 0 Å². The van der Waals surface area contributed by atoms with Crippen molar-refractivity contribution in [3.8, 4) is 0 Å². The molecule has 96 valence electrons. The number of nitrogens with zero attached hydrogens (tertiary/aromatic N) is 3. The zero-order valence-electron chi connectivity index (χ0n) is 10.5. The number of hydrogen-bond acceptors (Lipinski definition) is 3. The highest BCUT2D eigenvalue weighted by molar-refractivity contribution is 6.29. The Morgan fingerprint density at radius 2 is 2.29 bits per heavy atom. The highest BCUT2D eigenvalue weighted by atomic mass is 35.5. The molecule has 0 spiro atoms. The molecule has 0 aromatic carbocycles. The summed E-state index contributed by atoms with van der Waals surface area (Å²) in [5.41, 5.74) is 0. The third kappa shape index (κ3) is 4.02. The predicted octanol–water partition coefficient (Wildman–Crippen LogP) is 1.03. The number of aromatic nitrogens is 2. The van der Waals surface area contributed by atoms with Crippen LogP contribution in [-0.4, -0.2) is 40.0 Å². The van der Waals surface area contributed by atoms with E-state index in [-0.39, 0.29) is 5.91 Å². The fourth-order valence-corrected chi connectivity index (χ4v) is 1.65. The lowest BCUT2D eigenvalue weighted by Crippen LogP contribution is -2.37. The second-order valence-corrected chi connectivity index (χ2v) is 4.20. The molecule has 0 bridgehead atoms. The van der Waals surface area contributed by atoms with Crippen LogP contribution in [0.4, 0.5) is 0 Å². The second-order valence-electron chi connectivity index (χ2n) is 3.81. The summed E-state index contributed by atoms with van der Waals surface area (Å²) in [6.07, 6.45) is 1.62. The van der Waals surface area contributed by atoms with Crippen LogP contribution in [0.2, 0.25) is 5.15 Å². The fourth-order valence-electron chi connectivity index (χ4n) is 1.51. The van der Waals surface area contributed by atoms with Crippen LogP contribution in [0.3, 0.4) is 0 Å². The molecule has 1 aromatic heterocycles. The molecule has 1 aromatic rings. The number of carbonyl (C=O) groups is 1. The minimum absolute atomic E-state index is 0.0367. The molecule has 0 saturated carbocycles. The average molecular weight is 259 g/mol. The number of imidazole rings is 1. The maximum atomic E-state index is 11.5. The maximum Gasteiger partial charge on any atom is 0.234 e. The number of rotatable bonds is 6. The van der Waals surface area contributed by atoms with Gasteiger partial charge in [0.25, 0.3) is 0 Å².